The van der Waals surface area contributed by atoms with Gasteiger partial charge in [0.2, 0.25) is 0 Å². The van der Waals surface area contributed by atoms with E-state index < -0.39 is 0 Å². The van der Waals surface area contributed by atoms with Crippen molar-refractivity contribution in [1.82, 2.24) is 29.8 Å². The molecule has 4 aromatic rings. The van der Waals surface area contributed by atoms with Crippen molar-refractivity contribution in [2.75, 3.05) is 13.1 Å². The molecule has 1 unspecified atom stereocenters. The minimum atomic E-state index is -0.369. The molecule has 0 bridgehead atoms. The minimum absolute atomic E-state index is 0. The Kier molecular flexibility index (Phi) is 4.34. The van der Waals surface area contributed by atoms with E-state index >= 15 is 0 Å². The number of nitrogens with zero attached hydrogens (tertiary/aromatic N) is 4. The van der Waals surface area contributed by atoms with E-state index in [1.54, 1.807) is 6.20 Å². The first kappa shape index (κ1) is 16.9. The molecule has 8 heteroatoms. The highest BCUT2D eigenvalue weighted by molar-refractivity contribution is 5.92. The molecule has 5 rings (SSSR count). The van der Waals surface area contributed by atoms with Gasteiger partial charge in [-0.25, -0.2) is 19.3 Å². The molecular formula is C18H18ClFN6. The Morgan fingerprint density at radius 1 is 1.23 bits per heavy atom. The number of rotatable bonds is 2. The SMILES string of the molecule is Cl.Fc1cnc2[nH]cc(-c3ncc4ccn(C5CCCNC5)c4n3)c2c1. The van der Waals surface area contributed by atoms with Gasteiger partial charge in [0, 0.05) is 47.5 Å². The second-order valence-corrected chi connectivity index (χ2v) is 6.45. The highest BCUT2D eigenvalue weighted by Gasteiger charge is 2.18. The number of fused-ring (bicyclic) bond motifs is 2. The third kappa shape index (κ3) is 2.73. The molecule has 6 nitrogen and oxygen atoms in total. The van der Waals surface area contributed by atoms with Gasteiger partial charge in [0.05, 0.1) is 6.20 Å². The van der Waals surface area contributed by atoms with E-state index in [-0.39, 0.29) is 18.2 Å². The molecule has 0 aliphatic carbocycles. The van der Waals surface area contributed by atoms with Gasteiger partial charge in [-0.15, -0.1) is 12.4 Å². The van der Waals surface area contributed by atoms with Crippen LogP contribution in [0.4, 0.5) is 4.39 Å². The fourth-order valence-corrected chi connectivity index (χ4v) is 3.60. The molecule has 0 amide bonds. The van der Waals surface area contributed by atoms with Crippen molar-refractivity contribution in [3.05, 3.63) is 42.7 Å². The number of aromatic amines is 1. The number of halogens is 2. The number of aromatic nitrogens is 5. The van der Waals surface area contributed by atoms with Crippen LogP contribution in [0.2, 0.25) is 0 Å². The minimum Gasteiger partial charge on any atom is -0.345 e. The lowest BCUT2D eigenvalue weighted by atomic mass is 10.1. The molecule has 1 aliphatic heterocycles. The number of H-pyrrole nitrogens is 1. The summed E-state index contributed by atoms with van der Waals surface area (Å²) in [4.78, 5) is 16.4. The van der Waals surface area contributed by atoms with Gasteiger partial charge in [-0.05, 0) is 31.5 Å². The van der Waals surface area contributed by atoms with Crippen LogP contribution in [0.3, 0.4) is 0 Å². The van der Waals surface area contributed by atoms with Gasteiger partial charge >= 0.3 is 0 Å². The van der Waals surface area contributed by atoms with E-state index in [4.69, 9.17) is 4.98 Å². The lowest BCUT2D eigenvalue weighted by molar-refractivity contribution is 0.378. The number of piperidine rings is 1. The molecule has 0 aromatic carbocycles. The molecule has 4 aromatic heterocycles. The predicted molar refractivity (Wildman–Crippen MR) is 101 cm³/mol. The van der Waals surface area contributed by atoms with Gasteiger partial charge in [0.15, 0.2) is 5.82 Å². The van der Waals surface area contributed by atoms with Gasteiger partial charge in [-0.1, -0.05) is 0 Å². The Bertz CT molecular complexity index is 1070. The topological polar surface area (TPSA) is 71.4 Å². The molecule has 2 N–H and O–H groups in total. The van der Waals surface area contributed by atoms with E-state index in [1.165, 1.54) is 12.3 Å². The van der Waals surface area contributed by atoms with Crippen molar-refractivity contribution >= 4 is 34.5 Å². The largest absolute Gasteiger partial charge is 0.345 e. The highest BCUT2D eigenvalue weighted by atomic mass is 35.5. The fraction of sp³-hybridized carbons (Fsp3) is 0.278. The summed E-state index contributed by atoms with van der Waals surface area (Å²) in [6.07, 6.45) is 9.20. The monoisotopic (exact) mass is 372 g/mol. The number of hydrogen-bond acceptors (Lipinski definition) is 4. The Morgan fingerprint density at radius 2 is 2.15 bits per heavy atom. The second kappa shape index (κ2) is 6.66. The van der Waals surface area contributed by atoms with E-state index in [2.05, 4.69) is 31.0 Å². The van der Waals surface area contributed by atoms with Crippen LogP contribution in [0.15, 0.2) is 36.9 Å². The molecule has 5 heterocycles. The molecule has 0 radical (unpaired) electrons. The van der Waals surface area contributed by atoms with Gasteiger partial charge in [-0.3, -0.25) is 0 Å². The normalized spacial score (nSPS) is 17.5. The number of hydrogen-bond donors (Lipinski definition) is 2. The summed E-state index contributed by atoms with van der Waals surface area (Å²) in [6.45, 7) is 2.02. The van der Waals surface area contributed by atoms with Crippen molar-refractivity contribution in [2.45, 2.75) is 18.9 Å². The van der Waals surface area contributed by atoms with Gasteiger partial charge in [0.25, 0.3) is 0 Å². The van der Waals surface area contributed by atoms with Gasteiger partial charge in [-0.2, -0.15) is 0 Å². The lowest BCUT2D eigenvalue weighted by Crippen LogP contribution is -2.31. The van der Waals surface area contributed by atoms with E-state index in [0.717, 1.165) is 42.5 Å². The molecular weight excluding hydrogens is 355 g/mol. The fourth-order valence-electron chi connectivity index (χ4n) is 3.60. The van der Waals surface area contributed by atoms with Crippen LogP contribution in [0.5, 0.6) is 0 Å². The molecule has 1 aliphatic rings. The first-order chi connectivity index (χ1) is 12.3. The number of pyridine rings is 1. The summed E-state index contributed by atoms with van der Waals surface area (Å²) in [5.74, 6) is 0.209. The number of nitrogens with one attached hydrogen (secondary N) is 2. The van der Waals surface area contributed by atoms with Crippen molar-refractivity contribution in [3.8, 4) is 11.4 Å². The highest BCUT2D eigenvalue weighted by Crippen LogP contribution is 2.28. The smallest absolute Gasteiger partial charge is 0.163 e. The standard InChI is InChI=1S/C18H17FN6.ClH/c19-12-6-14-15(10-23-16(14)22-8-12)17-21-7-11-3-5-25(18(11)24-17)13-2-1-4-20-9-13;/h3,5-8,10,13,20H,1-2,4,9H2,(H,22,23);1H. The molecule has 1 atom stereocenters. The summed E-state index contributed by atoms with van der Waals surface area (Å²) in [5, 5.41) is 5.15. The third-order valence-corrected chi connectivity index (χ3v) is 4.86. The van der Waals surface area contributed by atoms with Crippen molar-refractivity contribution < 1.29 is 4.39 Å². The average molecular weight is 373 g/mol. The zero-order valence-electron chi connectivity index (χ0n) is 13.9. The molecule has 134 valence electrons. The Hall–Kier alpha value is -2.51. The first-order valence-electron chi connectivity index (χ1n) is 8.47. The lowest BCUT2D eigenvalue weighted by Gasteiger charge is -2.24. The van der Waals surface area contributed by atoms with Gasteiger partial charge < -0.3 is 14.9 Å². The molecule has 26 heavy (non-hydrogen) atoms. The van der Waals surface area contributed by atoms with Gasteiger partial charge in [0.1, 0.15) is 17.1 Å². The van der Waals surface area contributed by atoms with Crippen molar-refractivity contribution in [1.29, 1.82) is 0 Å². The summed E-state index contributed by atoms with van der Waals surface area (Å²) < 4.78 is 15.8. The molecule has 1 saturated heterocycles. The van der Waals surface area contributed by atoms with Crippen LogP contribution in [0, 0.1) is 5.82 Å². The zero-order chi connectivity index (χ0) is 16.8. The van der Waals surface area contributed by atoms with Crippen LogP contribution in [-0.4, -0.2) is 37.6 Å². The van der Waals surface area contributed by atoms with Crippen molar-refractivity contribution in [2.24, 2.45) is 0 Å². The summed E-state index contributed by atoms with van der Waals surface area (Å²) >= 11 is 0. The van der Waals surface area contributed by atoms with Crippen LogP contribution in [0.1, 0.15) is 18.9 Å². The van der Waals surface area contributed by atoms with E-state index in [9.17, 15) is 4.39 Å². The van der Waals surface area contributed by atoms with Crippen LogP contribution in [0.25, 0.3) is 33.5 Å². The molecule has 0 spiro atoms. The third-order valence-electron chi connectivity index (χ3n) is 4.86. The first-order valence-corrected chi connectivity index (χ1v) is 8.47. The molecule has 0 saturated carbocycles. The molecule has 1 fully saturated rings. The summed E-state index contributed by atoms with van der Waals surface area (Å²) in [6, 6.07) is 3.91. The quantitative estimate of drug-likeness (QED) is 0.565. The Morgan fingerprint density at radius 3 is 3.00 bits per heavy atom. The summed E-state index contributed by atoms with van der Waals surface area (Å²) in [7, 11) is 0. The maximum atomic E-state index is 13.6. The van der Waals surface area contributed by atoms with Crippen molar-refractivity contribution in [3.63, 3.8) is 0 Å². The van der Waals surface area contributed by atoms with E-state index in [0.29, 0.717) is 22.9 Å². The van der Waals surface area contributed by atoms with Crippen LogP contribution < -0.4 is 5.32 Å². The zero-order valence-corrected chi connectivity index (χ0v) is 14.8. The average Bonchev–Trinajstić information content (AvgIpc) is 3.25. The van der Waals surface area contributed by atoms with Crippen LogP contribution in [-0.2, 0) is 0 Å². The second-order valence-electron chi connectivity index (χ2n) is 6.45. The Balaban J connectivity index is 0.00000168. The maximum Gasteiger partial charge on any atom is 0.163 e. The van der Waals surface area contributed by atoms with E-state index in [1.807, 2.05) is 12.3 Å². The summed E-state index contributed by atoms with van der Waals surface area (Å²) in [5.41, 5.74) is 2.31. The maximum absolute atomic E-state index is 13.6. The van der Waals surface area contributed by atoms with Crippen LogP contribution >= 0.6 is 12.4 Å². The predicted octanol–water partition coefficient (Wildman–Crippen LogP) is 3.46. The Labute approximate surface area is 155 Å².